The predicted octanol–water partition coefficient (Wildman–Crippen LogP) is 1.72. The van der Waals surface area contributed by atoms with Gasteiger partial charge in [-0.25, -0.2) is 9.59 Å². The molecule has 100 valence electrons. The number of rotatable bonds is 2. The van der Waals surface area contributed by atoms with Crippen LogP contribution in [0, 0.1) is 0 Å². The van der Waals surface area contributed by atoms with E-state index in [1.165, 1.54) is 4.90 Å². The number of hydrogen-bond acceptors (Lipinski definition) is 2. The van der Waals surface area contributed by atoms with Crippen LogP contribution in [0.4, 0.5) is 10.5 Å². The predicted molar refractivity (Wildman–Crippen MR) is 70.2 cm³/mol. The second kappa shape index (κ2) is 4.26. The number of benzene rings is 1. The minimum Gasteiger partial charge on any atom is -0.480 e. The molecule has 1 fully saturated rings. The molecule has 1 aliphatic carbocycles. The summed E-state index contributed by atoms with van der Waals surface area (Å²) in [5, 5.41) is 9.33. The first-order valence-electron chi connectivity index (χ1n) is 6.46. The minimum absolute atomic E-state index is 0.208. The highest BCUT2D eigenvalue weighted by Crippen LogP contribution is 2.35. The summed E-state index contributed by atoms with van der Waals surface area (Å²) in [5.41, 5.74) is 1.65. The third-order valence-electron chi connectivity index (χ3n) is 3.86. The molecule has 5 nitrogen and oxygen atoms in total. The number of carbonyl (C=O) groups is 2. The molecule has 2 aliphatic rings. The molecule has 1 aromatic carbocycles. The maximum atomic E-state index is 12.5. The number of fused-ring (bicyclic) bond motifs is 1. The average Bonchev–Trinajstić information content (AvgIpc) is 3.16. The highest BCUT2D eigenvalue weighted by Gasteiger charge is 2.42. The van der Waals surface area contributed by atoms with Crippen LogP contribution in [0.3, 0.4) is 0 Å². The zero-order valence-corrected chi connectivity index (χ0v) is 10.7. The van der Waals surface area contributed by atoms with Crippen molar-refractivity contribution in [1.82, 2.24) is 4.90 Å². The molecule has 1 aliphatic heterocycles. The summed E-state index contributed by atoms with van der Waals surface area (Å²) in [6.07, 6.45) is 2.40. The van der Waals surface area contributed by atoms with Gasteiger partial charge in [-0.3, -0.25) is 4.90 Å². The molecule has 2 amide bonds. The second-order valence-corrected chi connectivity index (χ2v) is 5.18. The van der Waals surface area contributed by atoms with Crippen molar-refractivity contribution < 1.29 is 14.7 Å². The summed E-state index contributed by atoms with van der Waals surface area (Å²) in [6.45, 7) is 0. The zero-order valence-electron chi connectivity index (χ0n) is 10.7. The number of anilines is 1. The lowest BCUT2D eigenvalue weighted by molar-refractivity contribution is -0.138. The van der Waals surface area contributed by atoms with E-state index in [-0.39, 0.29) is 12.1 Å². The van der Waals surface area contributed by atoms with Crippen molar-refractivity contribution in [3.05, 3.63) is 29.8 Å². The molecule has 0 aromatic heterocycles. The van der Waals surface area contributed by atoms with Gasteiger partial charge in [0.05, 0.1) is 0 Å². The average molecular weight is 260 g/mol. The molecule has 0 spiro atoms. The van der Waals surface area contributed by atoms with Gasteiger partial charge in [0.1, 0.15) is 6.04 Å². The number of nitrogens with zero attached hydrogens (tertiary/aromatic N) is 2. The molecule has 0 saturated heterocycles. The van der Waals surface area contributed by atoms with Crippen LogP contribution in [-0.4, -0.2) is 41.1 Å². The molecule has 5 heteroatoms. The molecule has 3 rings (SSSR count). The van der Waals surface area contributed by atoms with Crippen molar-refractivity contribution >= 4 is 17.7 Å². The number of carboxylic acids is 1. The third-order valence-corrected chi connectivity index (χ3v) is 3.86. The summed E-state index contributed by atoms with van der Waals surface area (Å²) in [4.78, 5) is 27.0. The minimum atomic E-state index is -0.950. The molecule has 1 unspecified atom stereocenters. The van der Waals surface area contributed by atoms with E-state index < -0.39 is 12.0 Å². The van der Waals surface area contributed by atoms with E-state index >= 15 is 0 Å². The lowest BCUT2D eigenvalue weighted by Gasteiger charge is -2.28. The van der Waals surface area contributed by atoms with Crippen molar-refractivity contribution in [1.29, 1.82) is 0 Å². The van der Waals surface area contributed by atoms with Crippen LogP contribution >= 0.6 is 0 Å². The molecule has 1 saturated carbocycles. The molecule has 1 atom stereocenters. The van der Waals surface area contributed by atoms with Crippen molar-refractivity contribution in [2.45, 2.75) is 31.3 Å². The number of carboxylic acid groups (broad SMARTS) is 1. The van der Waals surface area contributed by atoms with E-state index in [0.717, 1.165) is 24.1 Å². The quantitative estimate of drug-likeness (QED) is 0.880. The Kier molecular flexibility index (Phi) is 2.69. The van der Waals surface area contributed by atoms with Crippen LogP contribution in [0.25, 0.3) is 0 Å². The lowest BCUT2D eigenvalue weighted by Crippen LogP contribution is -2.49. The monoisotopic (exact) mass is 260 g/mol. The Balaban J connectivity index is 1.95. The summed E-state index contributed by atoms with van der Waals surface area (Å²) in [7, 11) is 1.75. The maximum absolute atomic E-state index is 12.5. The highest BCUT2D eigenvalue weighted by molar-refractivity contribution is 6.01. The van der Waals surface area contributed by atoms with Gasteiger partial charge in [0.25, 0.3) is 0 Å². The maximum Gasteiger partial charge on any atom is 0.327 e. The van der Waals surface area contributed by atoms with Crippen LogP contribution < -0.4 is 4.90 Å². The fraction of sp³-hybridized carbons (Fsp3) is 0.429. The van der Waals surface area contributed by atoms with Gasteiger partial charge in [-0.2, -0.15) is 0 Å². The number of carbonyl (C=O) groups excluding carboxylic acids is 1. The number of para-hydroxylation sites is 1. The number of hydrogen-bond donors (Lipinski definition) is 1. The molecule has 0 radical (unpaired) electrons. The summed E-state index contributed by atoms with van der Waals surface area (Å²) in [5.74, 6) is -0.950. The Morgan fingerprint density at radius 2 is 2.00 bits per heavy atom. The van der Waals surface area contributed by atoms with Crippen LogP contribution in [0.15, 0.2) is 24.3 Å². The normalized spacial score (nSPS) is 21.1. The van der Waals surface area contributed by atoms with E-state index in [2.05, 4.69) is 0 Å². The first-order chi connectivity index (χ1) is 9.09. The fourth-order valence-corrected chi connectivity index (χ4v) is 2.61. The van der Waals surface area contributed by atoms with Gasteiger partial charge in [-0.1, -0.05) is 18.2 Å². The molecular weight excluding hydrogens is 244 g/mol. The fourth-order valence-electron chi connectivity index (χ4n) is 2.61. The smallest absolute Gasteiger partial charge is 0.327 e. The van der Waals surface area contributed by atoms with Gasteiger partial charge >= 0.3 is 12.0 Å². The van der Waals surface area contributed by atoms with E-state index in [4.69, 9.17) is 0 Å². The molecule has 1 heterocycles. The van der Waals surface area contributed by atoms with Gasteiger partial charge in [-0.05, 0) is 24.5 Å². The summed E-state index contributed by atoms with van der Waals surface area (Å²) >= 11 is 0. The second-order valence-electron chi connectivity index (χ2n) is 5.18. The van der Waals surface area contributed by atoms with E-state index in [9.17, 15) is 14.7 Å². The Bertz CT molecular complexity index is 539. The first kappa shape index (κ1) is 12.0. The molecule has 1 N–H and O–H groups in total. The Morgan fingerprint density at radius 3 is 2.63 bits per heavy atom. The van der Waals surface area contributed by atoms with Crippen LogP contribution in [0.1, 0.15) is 18.4 Å². The van der Waals surface area contributed by atoms with Crippen LogP contribution in [0.2, 0.25) is 0 Å². The third kappa shape index (κ3) is 1.95. The first-order valence-corrected chi connectivity index (χ1v) is 6.46. The van der Waals surface area contributed by atoms with E-state index in [1.807, 2.05) is 24.3 Å². The molecular formula is C14H16N2O3. The number of aliphatic carboxylic acids is 1. The van der Waals surface area contributed by atoms with Gasteiger partial charge in [0.15, 0.2) is 0 Å². The van der Waals surface area contributed by atoms with Crippen LogP contribution in [0.5, 0.6) is 0 Å². The number of amides is 2. The van der Waals surface area contributed by atoms with Gasteiger partial charge < -0.3 is 10.0 Å². The molecule has 19 heavy (non-hydrogen) atoms. The largest absolute Gasteiger partial charge is 0.480 e. The number of urea groups is 1. The van der Waals surface area contributed by atoms with Gasteiger partial charge in [0.2, 0.25) is 0 Å². The zero-order chi connectivity index (χ0) is 13.6. The van der Waals surface area contributed by atoms with Gasteiger partial charge in [-0.15, -0.1) is 0 Å². The van der Waals surface area contributed by atoms with Crippen molar-refractivity contribution in [3.63, 3.8) is 0 Å². The van der Waals surface area contributed by atoms with E-state index in [1.54, 1.807) is 11.9 Å². The van der Waals surface area contributed by atoms with Crippen molar-refractivity contribution in [2.24, 2.45) is 0 Å². The van der Waals surface area contributed by atoms with Crippen molar-refractivity contribution in [2.75, 3.05) is 11.9 Å². The topological polar surface area (TPSA) is 60.9 Å². The SMILES string of the molecule is CN(C(=O)N1c2ccccc2CC1C(=O)O)C1CC1. The molecule has 1 aromatic rings. The van der Waals surface area contributed by atoms with E-state index in [0.29, 0.717) is 6.42 Å². The van der Waals surface area contributed by atoms with Crippen molar-refractivity contribution in [3.8, 4) is 0 Å². The molecule has 0 bridgehead atoms. The standard InChI is InChI=1S/C14H16N2O3/c1-15(10-6-7-10)14(19)16-11-5-3-2-4-9(11)8-12(16)13(17)18/h2-5,10,12H,6-8H2,1H3,(H,17,18). The van der Waals surface area contributed by atoms with Crippen LogP contribution in [-0.2, 0) is 11.2 Å². The summed E-state index contributed by atoms with van der Waals surface area (Å²) < 4.78 is 0. The Morgan fingerprint density at radius 1 is 1.32 bits per heavy atom. The summed E-state index contributed by atoms with van der Waals surface area (Å²) in [6, 6.07) is 6.68. The lowest BCUT2D eigenvalue weighted by atomic mass is 10.1. The van der Waals surface area contributed by atoms with Gasteiger partial charge in [0, 0.05) is 25.2 Å². The Labute approximate surface area is 111 Å². The Hall–Kier alpha value is -2.04. The highest BCUT2D eigenvalue weighted by atomic mass is 16.4.